The maximum absolute atomic E-state index is 14.5. The van der Waals surface area contributed by atoms with Crippen LogP contribution >= 0.6 is 7.14 Å². The Kier molecular flexibility index (Phi) is 7.03. The Bertz CT molecular complexity index is 1270. The number of carbonyl (C=O) groups is 2. The molecule has 0 fully saturated rings. The van der Waals surface area contributed by atoms with E-state index in [9.17, 15) is 27.3 Å². The highest BCUT2D eigenvalue weighted by Gasteiger charge is 2.49. The predicted octanol–water partition coefficient (Wildman–Crippen LogP) is 6.01. The lowest BCUT2D eigenvalue weighted by atomic mass is 10.0. The van der Waals surface area contributed by atoms with Crippen molar-refractivity contribution in [3.63, 3.8) is 0 Å². The van der Waals surface area contributed by atoms with Crippen molar-refractivity contribution in [3.05, 3.63) is 88.5 Å². The van der Waals surface area contributed by atoms with Gasteiger partial charge in [-0.25, -0.2) is 0 Å². The van der Waals surface area contributed by atoms with Gasteiger partial charge in [-0.15, -0.1) is 0 Å². The van der Waals surface area contributed by atoms with Crippen molar-refractivity contribution < 1.29 is 36.8 Å². The van der Waals surface area contributed by atoms with Crippen LogP contribution in [0.4, 0.5) is 13.2 Å². The highest BCUT2D eigenvalue weighted by molar-refractivity contribution is 8.01. The fraction of sp³-hybridized carbons (Fsp3) is 0.200. The van der Waals surface area contributed by atoms with E-state index in [-0.39, 0.29) is 22.6 Å². The highest BCUT2D eigenvalue weighted by atomic mass is 31.2. The summed E-state index contributed by atoms with van der Waals surface area (Å²) in [6, 6.07) is 12.7. The monoisotopic (exact) mass is 490 g/mol. The topological polar surface area (TPSA) is 69.7 Å². The van der Waals surface area contributed by atoms with Gasteiger partial charge in [0.05, 0.1) is 19.8 Å². The number of methoxy groups -OCH3 is 2. The van der Waals surface area contributed by atoms with Crippen LogP contribution in [0.15, 0.2) is 60.7 Å². The number of hydrogen-bond acceptors (Lipinski definition) is 5. The van der Waals surface area contributed by atoms with Crippen LogP contribution in [-0.2, 0) is 10.7 Å². The molecule has 3 rings (SSSR count). The first-order chi connectivity index (χ1) is 16.0. The summed E-state index contributed by atoms with van der Waals surface area (Å²) in [5, 5.41) is -0.885. The van der Waals surface area contributed by atoms with Gasteiger partial charge in [0, 0.05) is 10.9 Å². The average molecular weight is 490 g/mol. The van der Waals surface area contributed by atoms with Crippen LogP contribution < -0.4 is 14.8 Å². The molecule has 0 bridgehead atoms. The largest absolute Gasteiger partial charge is 0.496 e. The van der Waals surface area contributed by atoms with E-state index in [4.69, 9.17) is 9.47 Å². The summed E-state index contributed by atoms with van der Waals surface area (Å²) < 4.78 is 67.0. The summed E-state index contributed by atoms with van der Waals surface area (Å²) in [6.07, 6.45) is -4.96. The van der Waals surface area contributed by atoms with E-state index < -0.39 is 35.2 Å². The molecule has 0 amide bonds. The van der Waals surface area contributed by atoms with E-state index in [2.05, 4.69) is 0 Å². The first-order valence-electron chi connectivity index (χ1n) is 10.1. The molecule has 0 saturated carbocycles. The first-order valence-corrected chi connectivity index (χ1v) is 11.8. The van der Waals surface area contributed by atoms with E-state index in [1.807, 2.05) is 0 Å². The Hall–Kier alpha value is -3.38. The van der Waals surface area contributed by atoms with Crippen molar-refractivity contribution in [1.29, 1.82) is 0 Å². The van der Waals surface area contributed by atoms with Crippen molar-refractivity contribution in [2.45, 2.75) is 20.0 Å². The van der Waals surface area contributed by atoms with E-state index in [1.54, 1.807) is 26.0 Å². The van der Waals surface area contributed by atoms with Crippen molar-refractivity contribution in [2.75, 3.05) is 14.2 Å². The number of benzene rings is 3. The molecule has 0 aromatic heterocycles. The molecule has 0 spiro atoms. The minimum atomic E-state index is -5.11. The average Bonchev–Trinajstić information content (AvgIpc) is 2.82. The van der Waals surface area contributed by atoms with Crippen LogP contribution in [-0.4, -0.2) is 25.3 Å². The van der Waals surface area contributed by atoms with E-state index in [0.29, 0.717) is 17.2 Å². The lowest BCUT2D eigenvalue weighted by Gasteiger charge is -2.23. The summed E-state index contributed by atoms with van der Waals surface area (Å²) in [5.74, 6) is -0.0592. The molecule has 3 aromatic carbocycles. The van der Waals surface area contributed by atoms with Crippen LogP contribution in [0.5, 0.6) is 11.5 Å². The molecule has 9 heteroatoms. The van der Waals surface area contributed by atoms with Gasteiger partial charge in [-0.3, -0.25) is 9.59 Å². The third-order valence-electron chi connectivity index (χ3n) is 5.37. The Labute approximate surface area is 194 Å². The fourth-order valence-corrected chi connectivity index (χ4v) is 6.38. The van der Waals surface area contributed by atoms with Gasteiger partial charge in [-0.1, -0.05) is 48.5 Å². The first kappa shape index (κ1) is 25.2. The minimum absolute atomic E-state index is 0.0296. The zero-order valence-electron chi connectivity index (χ0n) is 18.9. The number of rotatable bonds is 7. The van der Waals surface area contributed by atoms with Crippen molar-refractivity contribution >= 4 is 23.5 Å². The molecular formula is C25H22F3O5P. The molecule has 178 valence electrons. The smallest absolute Gasteiger partial charge is 0.417 e. The molecule has 1 unspecified atom stereocenters. The second kappa shape index (κ2) is 9.47. The third-order valence-corrected chi connectivity index (χ3v) is 8.06. The van der Waals surface area contributed by atoms with E-state index in [0.717, 1.165) is 12.1 Å². The number of aryl methyl sites for hydroxylation is 2. The molecule has 0 aliphatic carbocycles. The molecule has 5 nitrogen and oxygen atoms in total. The second-order valence-electron chi connectivity index (χ2n) is 7.55. The van der Waals surface area contributed by atoms with Gasteiger partial charge in [0.15, 0.2) is 0 Å². The number of halogens is 3. The van der Waals surface area contributed by atoms with Gasteiger partial charge in [0.25, 0.3) is 0 Å². The Morgan fingerprint density at radius 1 is 0.794 bits per heavy atom. The lowest BCUT2D eigenvalue weighted by Crippen LogP contribution is -2.27. The highest BCUT2D eigenvalue weighted by Crippen LogP contribution is 2.56. The van der Waals surface area contributed by atoms with Crippen LogP contribution in [0.3, 0.4) is 0 Å². The van der Waals surface area contributed by atoms with Crippen LogP contribution in [0.25, 0.3) is 0 Å². The molecule has 0 heterocycles. The Morgan fingerprint density at radius 3 is 1.79 bits per heavy atom. The predicted molar refractivity (Wildman–Crippen MR) is 123 cm³/mol. The standard InChI is InChI=1S/C25H22F3O5P/c1-15-14-16(2)22(33-4)20(21(15)32-3)24(30)34(31,23(29)17-10-6-5-7-11-17)19-13-9-8-12-18(19)25(26,27)28/h5-14H,1-4H3. The molecule has 3 aromatic rings. The summed E-state index contributed by atoms with van der Waals surface area (Å²) >= 11 is 0. The molecule has 34 heavy (non-hydrogen) atoms. The van der Waals surface area contributed by atoms with Gasteiger partial charge in [0.1, 0.15) is 17.1 Å². The Balaban J connectivity index is 2.45. The Morgan fingerprint density at radius 2 is 1.29 bits per heavy atom. The molecule has 0 aliphatic rings. The maximum Gasteiger partial charge on any atom is 0.417 e. The van der Waals surface area contributed by atoms with Crippen LogP contribution in [0.2, 0.25) is 0 Å². The minimum Gasteiger partial charge on any atom is -0.496 e. The number of ether oxygens (including phenoxy) is 2. The zero-order chi connectivity index (χ0) is 25.3. The summed E-state index contributed by atoms with van der Waals surface area (Å²) in [4.78, 5) is 27.6. The van der Waals surface area contributed by atoms with Gasteiger partial charge >= 0.3 is 6.18 Å². The SMILES string of the molecule is COc1c(C)cc(C)c(OC)c1C(=O)P(=O)(C(=O)c1ccccc1)c1ccccc1C(F)(F)F. The number of alkyl halides is 3. The van der Waals surface area contributed by atoms with Crippen LogP contribution in [0.1, 0.15) is 37.4 Å². The third kappa shape index (κ3) is 4.26. The lowest BCUT2D eigenvalue weighted by molar-refractivity contribution is -0.136. The molecule has 1 atom stereocenters. The van der Waals surface area contributed by atoms with Gasteiger partial charge in [0.2, 0.25) is 18.2 Å². The van der Waals surface area contributed by atoms with Gasteiger partial charge in [-0.05, 0) is 37.1 Å². The normalized spacial score (nSPS) is 13.1. The molecule has 0 aliphatic heterocycles. The maximum atomic E-state index is 14.5. The van der Waals surface area contributed by atoms with Crippen molar-refractivity contribution in [3.8, 4) is 11.5 Å². The van der Waals surface area contributed by atoms with E-state index in [1.165, 1.54) is 44.6 Å². The van der Waals surface area contributed by atoms with Crippen molar-refractivity contribution in [1.82, 2.24) is 0 Å². The number of hydrogen-bond donors (Lipinski definition) is 0. The van der Waals surface area contributed by atoms with Crippen molar-refractivity contribution in [2.24, 2.45) is 0 Å². The summed E-state index contributed by atoms with van der Waals surface area (Å²) in [6.45, 7) is 3.24. The number of carbonyl (C=O) groups excluding carboxylic acids is 2. The van der Waals surface area contributed by atoms with Gasteiger partial charge in [-0.2, -0.15) is 13.2 Å². The van der Waals surface area contributed by atoms with Gasteiger partial charge < -0.3 is 14.0 Å². The van der Waals surface area contributed by atoms with E-state index >= 15 is 0 Å². The molecule has 0 N–H and O–H groups in total. The molecule has 0 radical (unpaired) electrons. The fourth-order valence-electron chi connectivity index (χ4n) is 3.89. The zero-order valence-corrected chi connectivity index (χ0v) is 19.8. The molecular weight excluding hydrogens is 468 g/mol. The molecule has 0 saturated heterocycles. The quantitative estimate of drug-likeness (QED) is 0.380. The van der Waals surface area contributed by atoms with Crippen LogP contribution in [0, 0.1) is 13.8 Å². The summed E-state index contributed by atoms with van der Waals surface area (Å²) in [7, 11) is -2.58. The summed E-state index contributed by atoms with van der Waals surface area (Å²) in [5.41, 5.74) is -3.39. The second-order valence-corrected chi connectivity index (χ2v) is 10.1.